The summed E-state index contributed by atoms with van der Waals surface area (Å²) in [7, 11) is 1.28. The summed E-state index contributed by atoms with van der Waals surface area (Å²) in [5, 5.41) is 7.36. The maximum absolute atomic E-state index is 11.4. The summed E-state index contributed by atoms with van der Waals surface area (Å²) in [6, 6.07) is 0. The van der Waals surface area contributed by atoms with Crippen molar-refractivity contribution in [2.45, 2.75) is 19.8 Å². The number of hydrogen-bond donors (Lipinski definition) is 2. The van der Waals surface area contributed by atoms with E-state index in [2.05, 4.69) is 20.4 Å². The monoisotopic (exact) mass is 257 g/mol. The van der Waals surface area contributed by atoms with E-state index >= 15 is 0 Å². The fraction of sp³-hybridized carbons (Fsp3) is 0.500. The molecule has 1 aromatic heterocycles. The first-order valence-corrected chi connectivity index (χ1v) is 6.09. The van der Waals surface area contributed by atoms with Gasteiger partial charge in [-0.15, -0.1) is 11.3 Å². The first-order valence-electron chi connectivity index (χ1n) is 5.21. The first kappa shape index (κ1) is 13.4. The highest BCUT2D eigenvalue weighted by Gasteiger charge is 2.09. The van der Waals surface area contributed by atoms with Crippen LogP contribution in [0.4, 0.5) is 9.93 Å². The van der Waals surface area contributed by atoms with Crippen LogP contribution < -0.4 is 10.6 Å². The van der Waals surface area contributed by atoms with Gasteiger partial charge in [0.15, 0.2) is 5.13 Å². The number of rotatable bonds is 5. The van der Waals surface area contributed by atoms with Gasteiger partial charge in [-0.1, -0.05) is 6.92 Å². The highest BCUT2D eigenvalue weighted by Crippen LogP contribution is 2.15. The van der Waals surface area contributed by atoms with Crippen LogP contribution in [0, 0.1) is 0 Å². The van der Waals surface area contributed by atoms with Crippen LogP contribution in [-0.2, 0) is 16.0 Å². The second-order valence-electron chi connectivity index (χ2n) is 3.29. The van der Waals surface area contributed by atoms with Gasteiger partial charge in [-0.25, -0.2) is 9.78 Å². The Hall–Kier alpha value is -1.63. The van der Waals surface area contributed by atoms with Gasteiger partial charge < -0.3 is 10.1 Å². The van der Waals surface area contributed by atoms with E-state index in [-0.39, 0.29) is 12.3 Å². The lowest BCUT2D eigenvalue weighted by atomic mass is 10.3. The molecule has 0 unspecified atom stereocenters. The summed E-state index contributed by atoms with van der Waals surface area (Å²) in [6.07, 6.45) is 0.554. The van der Waals surface area contributed by atoms with Crippen LogP contribution in [0.15, 0.2) is 5.38 Å². The van der Waals surface area contributed by atoms with Crippen molar-refractivity contribution in [3.05, 3.63) is 11.1 Å². The van der Waals surface area contributed by atoms with Crippen molar-refractivity contribution in [1.29, 1.82) is 0 Å². The lowest BCUT2D eigenvalue weighted by Crippen LogP contribution is -2.25. The molecule has 0 bridgehead atoms. The third-order valence-corrected chi connectivity index (χ3v) is 2.67. The van der Waals surface area contributed by atoms with Crippen LogP contribution in [0.5, 0.6) is 0 Å². The van der Waals surface area contributed by atoms with Crippen molar-refractivity contribution in [3.8, 4) is 0 Å². The quantitative estimate of drug-likeness (QED) is 0.835. The number of anilines is 1. The van der Waals surface area contributed by atoms with Gasteiger partial charge in [-0.3, -0.25) is 10.1 Å². The number of hydrogen-bond acceptors (Lipinski definition) is 5. The van der Waals surface area contributed by atoms with E-state index in [9.17, 15) is 9.59 Å². The second-order valence-corrected chi connectivity index (χ2v) is 4.15. The van der Waals surface area contributed by atoms with E-state index in [4.69, 9.17) is 0 Å². The summed E-state index contributed by atoms with van der Waals surface area (Å²) in [4.78, 5) is 26.4. The lowest BCUT2D eigenvalue weighted by molar-refractivity contribution is -0.120. The summed E-state index contributed by atoms with van der Waals surface area (Å²) >= 11 is 1.26. The zero-order chi connectivity index (χ0) is 12.7. The van der Waals surface area contributed by atoms with Crippen molar-refractivity contribution in [2.75, 3.05) is 19.0 Å². The zero-order valence-electron chi connectivity index (χ0n) is 9.78. The molecule has 0 aliphatic rings. The molecule has 0 radical (unpaired) electrons. The van der Waals surface area contributed by atoms with E-state index in [1.54, 1.807) is 5.38 Å². The van der Waals surface area contributed by atoms with E-state index < -0.39 is 6.09 Å². The minimum atomic E-state index is -0.568. The normalized spacial score (nSPS) is 9.76. The van der Waals surface area contributed by atoms with Crippen molar-refractivity contribution in [1.82, 2.24) is 10.3 Å². The van der Waals surface area contributed by atoms with Crippen LogP contribution in [0.2, 0.25) is 0 Å². The van der Waals surface area contributed by atoms with E-state index in [1.807, 2.05) is 6.92 Å². The maximum atomic E-state index is 11.4. The molecular formula is C10H15N3O3S. The van der Waals surface area contributed by atoms with Gasteiger partial charge in [0.05, 0.1) is 19.2 Å². The third kappa shape index (κ3) is 4.81. The maximum Gasteiger partial charge on any atom is 0.413 e. The molecule has 0 fully saturated rings. The van der Waals surface area contributed by atoms with Crippen molar-refractivity contribution >= 4 is 28.5 Å². The number of carbonyl (C=O) groups excluding carboxylic acids is 2. The Bertz CT molecular complexity index is 392. The summed E-state index contributed by atoms with van der Waals surface area (Å²) < 4.78 is 4.43. The third-order valence-electron chi connectivity index (χ3n) is 1.86. The van der Waals surface area contributed by atoms with Gasteiger partial charge in [0.2, 0.25) is 5.91 Å². The number of ether oxygens (including phenoxy) is 1. The number of methoxy groups -OCH3 is 1. The van der Waals surface area contributed by atoms with Crippen LogP contribution in [0.3, 0.4) is 0 Å². The molecule has 0 atom stereocenters. The van der Waals surface area contributed by atoms with Gasteiger partial charge in [-0.2, -0.15) is 0 Å². The minimum absolute atomic E-state index is 0.0678. The average molecular weight is 257 g/mol. The molecule has 6 nitrogen and oxygen atoms in total. The Morgan fingerprint density at radius 2 is 2.29 bits per heavy atom. The molecule has 0 aliphatic carbocycles. The van der Waals surface area contributed by atoms with E-state index in [0.29, 0.717) is 17.4 Å². The molecule has 0 aliphatic heterocycles. The minimum Gasteiger partial charge on any atom is -0.453 e. The van der Waals surface area contributed by atoms with Crippen LogP contribution in [0.1, 0.15) is 19.0 Å². The zero-order valence-corrected chi connectivity index (χ0v) is 10.6. The van der Waals surface area contributed by atoms with Crippen LogP contribution in [0.25, 0.3) is 0 Å². The van der Waals surface area contributed by atoms with Crippen LogP contribution in [-0.4, -0.2) is 30.6 Å². The predicted octanol–water partition coefficient (Wildman–Crippen LogP) is 1.39. The molecule has 17 heavy (non-hydrogen) atoms. The standard InChI is InChI=1S/C10H15N3O3S/c1-3-4-11-8(14)5-7-6-17-9(12-7)13-10(15)16-2/h6H,3-5H2,1-2H3,(H,11,14)(H,12,13,15). The van der Waals surface area contributed by atoms with E-state index in [1.165, 1.54) is 18.4 Å². The average Bonchev–Trinajstić information content (AvgIpc) is 2.73. The smallest absolute Gasteiger partial charge is 0.413 e. The van der Waals surface area contributed by atoms with Gasteiger partial charge in [0.25, 0.3) is 0 Å². The van der Waals surface area contributed by atoms with Gasteiger partial charge in [0.1, 0.15) is 0 Å². The Morgan fingerprint density at radius 3 is 2.94 bits per heavy atom. The molecule has 1 aromatic rings. The van der Waals surface area contributed by atoms with Crippen molar-refractivity contribution in [2.24, 2.45) is 0 Å². The number of aromatic nitrogens is 1. The SMILES string of the molecule is CCCNC(=O)Cc1csc(NC(=O)OC)n1. The van der Waals surface area contributed by atoms with Crippen molar-refractivity contribution in [3.63, 3.8) is 0 Å². The Balaban J connectivity index is 2.45. The molecule has 2 amide bonds. The molecule has 2 N–H and O–H groups in total. The van der Waals surface area contributed by atoms with Gasteiger partial charge in [-0.05, 0) is 6.42 Å². The highest BCUT2D eigenvalue weighted by molar-refractivity contribution is 7.13. The molecule has 0 saturated carbocycles. The Morgan fingerprint density at radius 1 is 1.53 bits per heavy atom. The largest absolute Gasteiger partial charge is 0.453 e. The molecule has 94 valence electrons. The highest BCUT2D eigenvalue weighted by atomic mass is 32.1. The number of carbonyl (C=O) groups is 2. The predicted molar refractivity (Wildman–Crippen MR) is 65.1 cm³/mol. The number of thiazole rings is 1. The Kier molecular flexibility index (Phi) is 5.41. The Labute approximate surface area is 103 Å². The number of nitrogens with zero attached hydrogens (tertiary/aromatic N) is 1. The first-order chi connectivity index (χ1) is 8.15. The summed E-state index contributed by atoms with van der Waals surface area (Å²) in [6.45, 7) is 2.65. The molecule has 0 spiro atoms. The van der Waals surface area contributed by atoms with Crippen molar-refractivity contribution < 1.29 is 14.3 Å². The number of amides is 2. The second kappa shape index (κ2) is 6.85. The summed E-state index contributed by atoms with van der Waals surface area (Å²) in [5.74, 6) is -0.0678. The molecule has 1 rings (SSSR count). The fourth-order valence-electron chi connectivity index (χ4n) is 1.08. The lowest BCUT2D eigenvalue weighted by Gasteiger charge is -2.00. The topological polar surface area (TPSA) is 80.3 Å². The van der Waals surface area contributed by atoms with Gasteiger partial charge >= 0.3 is 6.09 Å². The number of nitrogens with one attached hydrogen (secondary N) is 2. The molecule has 0 aromatic carbocycles. The molecular weight excluding hydrogens is 242 g/mol. The van der Waals surface area contributed by atoms with Gasteiger partial charge in [0, 0.05) is 11.9 Å². The molecule has 7 heteroatoms. The molecule has 0 saturated heterocycles. The summed E-state index contributed by atoms with van der Waals surface area (Å²) in [5.41, 5.74) is 0.634. The fourth-order valence-corrected chi connectivity index (χ4v) is 1.77. The van der Waals surface area contributed by atoms with Crippen LogP contribution >= 0.6 is 11.3 Å². The molecule has 1 heterocycles. The van der Waals surface area contributed by atoms with E-state index in [0.717, 1.165) is 6.42 Å².